The summed E-state index contributed by atoms with van der Waals surface area (Å²) in [6, 6.07) is 22.8. The highest BCUT2D eigenvalue weighted by atomic mass is 15.3. The van der Waals surface area contributed by atoms with Gasteiger partial charge < -0.3 is 4.48 Å². The maximum atomic E-state index is 2.41. The fraction of sp³-hybridized carbons (Fsp3) is 0.647. The van der Waals surface area contributed by atoms with Crippen molar-refractivity contribution in [1.82, 2.24) is 0 Å². The average molecular weight is 479 g/mol. The van der Waals surface area contributed by atoms with Crippen molar-refractivity contribution in [2.45, 2.75) is 129 Å². The first-order valence-electron chi connectivity index (χ1n) is 15.0. The molecule has 0 heterocycles. The van der Waals surface area contributed by atoms with Gasteiger partial charge in [-0.3, -0.25) is 0 Å². The fourth-order valence-electron chi connectivity index (χ4n) is 5.64. The molecule has 0 saturated carbocycles. The van der Waals surface area contributed by atoms with E-state index in [1.165, 1.54) is 120 Å². The molecule has 2 aromatic carbocycles. The molecule has 35 heavy (non-hydrogen) atoms. The molecule has 2 rings (SSSR count). The van der Waals surface area contributed by atoms with E-state index >= 15 is 0 Å². The topological polar surface area (TPSA) is 0 Å². The van der Waals surface area contributed by atoms with Gasteiger partial charge in [-0.2, -0.15) is 0 Å². The molecule has 2 aromatic rings. The average Bonchev–Trinajstić information content (AvgIpc) is 2.86. The lowest BCUT2D eigenvalue weighted by atomic mass is 9.96. The van der Waals surface area contributed by atoms with E-state index in [0.717, 1.165) is 11.0 Å². The van der Waals surface area contributed by atoms with Crippen LogP contribution in [0, 0.1) is 0 Å². The molecule has 0 aliphatic rings. The normalized spacial score (nSPS) is 12.7. The van der Waals surface area contributed by atoms with Crippen LogP contribution in [0.15, 0.2) is 60.7 Å². The lowest BCUT2D eigenvalue weighted by Gasteiger charge is -2.39. The van der Waals surface area contributed by atoms with Crippen LogP contribution in [0.1, 0.15) is 133 Å². The Balaban J connectivity index is 1.58. The van der Waals surface area contributed by atoms with E-state index < -0.39 is 0 Å². The molecular formula is C34H56N+. The van der Waals surface area contributed by atoms with Crippen molar-refractivity contribution >= 4 is 0 Å². The van der Waals surface area contributed by atoms with E-state index in [4.69, 9.17) is 0 Å². The van der Waals surface area contributed by atoms with Crippen molar-refractivity contribution in [2.75, 3.05) is 14.1 Å². The van der Waals surface area contributed by atoms with Crippen LogP contribution in [-0.2, 0) is 6.54 Å². The van der Waals surface area contributed by atoms with Crippen LogP contribution in [0.3, 0.4) is 0 Å². The summed E-state index contributed by atoms with van der Waals surface area (Å²) in [6.07, 6.45) is 24.2. The summed E-state index contributed by atoms with van der Waals surface area (Å²) in [5.74, 6) is 0. The SMILES string of the molecule is CCCCCCCCCCCCCCCCCCC(c1ccccc1)[N+](C)(C)Cc1ccccc1. The van der Waals surface area contributed by atoms with Crippen LogP contribution in [0.25, 0.3) is 0 Å². The number of rotatable bonds is 21. The third-order valence-electron chi connectivity index (χ3n) is 7.79. The zero-order valence-electron chi connectivity index (χ0n) is 23.5. The molecule has 0 aromatic heterocycles. The third kappa shape index (κ3) is 13.3. The van der Waals surface area contributed by atoms with E-state index in [2.05, 4.69) is 81.7 Å². The molecule has 1 unspecified atom stereocenters. The van der Waals surface area contributed by atoms with Gasteiger partial charge in [0.1, 0.15) is 12.6 Å². The molecule has 0 amide bonds. The lowest BCUT2D eigenvalue weighted by molar-refractivity contribution is -0.934. The van der Waals surface area contributed by atoms with E-state index in [9.17, 15) is 0 Å². The van der Waals surface area contributed by atoms with Crippen LogP contribution in [0.2, 0.25) is 0 Å². The molecule has 0 fully saturated rings. The maximum absolute atomic E-state index is 2.41. The Morgan fingerprint density at radius 1 is 0.514 bits per heavy atom. The predicted octanol–water partition coefficient (Wildman–Crippen LogP) is 10.7. The molecule has 196 valence electrons. The molecule has 1 atom stereocenters. The minimum atomic E-state index is 0.558. The standard InChI is InChI=1S/C34H56N/c1-4-5-6-7-8-9-10-11-12-13-14-15-16-17-18-25-30-34(33-28-23-20-24-29-33)35(2,3)31-32-26-21-19-22-27-32/h19-24,26-29,34H,4-18,25,30-31H2,1-3H3/q+1. The summed E-state index contributed by atoms with van der Waals surface area (Å²) < 4.78 is 1.02. The molecule has 0 saturated heterocycles. The van der Waals surface area contributed by atoms with Crippen molar-refractivity contribution in [3.8, 4) is 0 Å². The van der Waals surface area contributed by atoms with Gasteiger partial charge in [0.05, 0.1) is 14.1 Å². The van der Waals surface area contributed by atoms with Gasteiger partial charge >= 0.3 is 0 Å². The number of hydrogen-bond donors (Lipinski definition) is 0. The van der Waals surface area contributed by atoms with Gasteiger partial charge in [0.25, 0.3) is 0 Å². The highest BCUT2D eigenvalue weighted by Crippen LogP contribution is 2.32. The van der Waals surface area contributed by atoms with E-state index in [1.807, 2.05) is 0 Å². The van der Waals surface area contributed by atoms with Gasteiger partial charge in [0.15, 0.2) is 0 Å². The van der Waals surface area contributed by atoms with Crippen LogP contribution < -0.4 is 0 Å². The van der Waals surface area contributed by atoms with E-state index in [0.29, 0.717) is 6.04 Å². The second kappa shape index (κ2) is 18.6. The predicted molar refractivity (Wildman–Crippen MR) is 156 cm³/mol. The minimum absolute atomic E-state index is 0.558. The van der Waals surface area contributed by atoms with Crippen LogP contribution >= 0.6 is 0 Å². The van der Waals surface area contributed by atoms with Crippen LogP contribution in [-0.4, -0.2) is 18.6 Å². The molecule has 0 aliphatic carbocycles. The Bertz CT molecular complexity index is 721. The quantitative estimate of drug-likeness (QED) is 0.124. The van der Waals surface area contributed by atoms with Gasteiger partial charge in [0, 0.05) is 17.5 Å². The second-order valence-electron chi connectivity index (χ2n) is 11.4. The Kier molecular flexibility index (Phi) is 15.8. The van der Waals surface area contributed by atoms with Gasteiger partial charge in [-0.05, 0) is 6.42 Å². The Morgan fingerprint density at radius 3 is 1.37 bits per heavy atom. The number of nitrogens with zero attached hydrogens (tertiary/aromatic N) is 1. The minimum Gasteiger partial charge on any atom is -0.319 e. The molecule has 1 heteroatoms. The molecule has 0 radical (unpaired) electrons. The largest absolute Gasteiger partial charge is 0.319 e. The fourth-order valence-corrected chi connectivity index (χ4v) is 5.64. The number of unbranched alkanes of at least 4 members (excludes halogenated alkanes) is 15. The van der Waals surface area contributed by atoms with Gasteiger partial charge in [-0.15, -0.1) is 0 Å². The summed E-state index contributed by atoms with van der Waals surface area (Å²) in [7, 11) is 4.83. The van der Waals surface area contributed by atoms with Crippen LogP contribution in [0.5, 0.6) is 0 Å². The summed E-state index contributed by atoms with van der Waals surface area (Å²) in [4.78, 5) is 0. The molecule has 1 nitrogen and oxygen atoms in total. The van der Waals surface area contributed by atoms with Gasteiger partial charge in [-0.1, -0.05) is 164 Å². The van der Waals surface area contributed by atoms with Crippen molar-refractivity contribution in [3.63, 3.8) is 0 Å². The molecule has 0 aliphatic heterocycles. The lowest BCUT2D eigenvalue weighted by Crippen LogP contribution is -2.42. The second-order valence-corrected chi connectivity index (χ2v) is 11.4. The highest BCUT2D eigenvalue weighted by molar-refractivity contribution is 5.18. The van der Waals surface area contributed by atoms with Crippen LogP contribution in [0.4, 0.5) is 0 Å². The van der Waals surface area contributed by atoms with Crippen molar-refractivity contribution in [3.05, 3.63) is 71.8 Å². The zero-order chi connectivity index (χ0) is 25.0. The Hall–Kier alpha value is -1.60. The first-order valence-corrected chi connectivity index (χ1v) is 15.0. The van der Waals surface area contributed by atoms with Crippen molar-refractivity contribution < 1.29 is 4.48 Å². The van der Waals surface area contributed by atoms with Crippen molar-refractivity contribution in [2.24, 2.45) is 0 Å². The summed E-state index contributed by atoms with van der Waals surface area (Å²) in [5.41, 5.74) is 2.93. The third-order valence-corrected chi connectivity index (χ3v) is 7.79. The van der Waals surface area contributed by atoms with Crippen molar-refractivity contribution in [1.29, 1.82) is 0 Å². The van der Waals surface area contributed by atoms with Gasteiger partial charge in [-0.25, -0.2) is 0 Å². The highest BCUT2D eigenvalue weighted by Gasteiger charge is 2.29. The maximum Gasteiger partial charge on any atom is 0.114 e. The summed E-state index contributed by atoms with van der Waals surface area (Å²) >= 11 is 0. The number of hydrogen-bond acceptors (Lipinski definition) is 0. The number of benzene rings is 2. The smallest absolute Gasteiger partial charge is 0.114 e. The molecule has 0 N–H and O–H groups in total. The van der Waals surface area contributed by atoms with E-state index in [-0.39, 0.29) is 0 Å². The summed E-state index contributed by atoms with van der Waals surface area (Å²) in [5, 5.41) is 0. The number of quaternary nitrogens is 1. The zero-order valence-corrected chi connectivity index (χ0v) is 23.5. The van der Waals surface area contributed by atoms with E-state index in [1.54, 1.807) is 0 Å². The molecule has 0 spiro atoms. The monoisotopic (exact) mass is 478 g/mol. The Labute approximate surface area is 218 Å². The first kappa shape index (κ1) is 29.6. The molecular weight excluding hydrogens is 422 g/mol. The van der Waals surface area contributed by atoms with Gasteiger partial charge in [0.2, 0.25) is 0 Å². The molecule has 0 bridgehead atoms. The summed E-state index contributed by atoms with van der Waals surface area (Å²) in [6.45, 7) is 3.38. The first-order chi connectivity index (χ1) is 17.1. The Morgan fingerprint density at radius 2 is 0.914 bits per heavy atom.